The first-order chi connectivity index (χ1) is 23.0. The molecule has 0 radical (unpaired) electrons. The van der Waals surface area contributed by atoms with Crippen molar-refractivity contribution in [1.29, 1.82) is 0 Å². The molecule has 5 heterocycles. The SMILES string of the molecule is C=CC(=O)NCC(=O)N1CC[C@@H](CN(CC)Cc2cc3c(N4CCOCC4)nc(-c4cnc(NC(=O)OC)cc4C(F)(F)F)nn3c2)C1. The Bertz CT molecular complexity index is 1660. The van der Waals surface area contributed by atoms with E-state index in [1.54, 1.807) is 15.6 Å². The smallest absolute Gasteiger partial charge is 0.417 e. The third-order valence-corrected chi connectivity index (χ3v) is 8.28. The molecule has 2 N–H and O–H groups in total. The Labute approximate surface area is 274 Å². The molecule has 0 bridgehead atoms. The molecule has 0 aromatic carbocycles. The van der Waals surface area contributed by atoms with Crippen LogP contribution in [0.4, 0.5) is 29.6 Å². The highest BCUT2D eigenvalue weighted by molar-refractivity contribution is 5.90. The number of nitrogens with one attached hydrogen (secondary N) is 2. The number of fused-ring (bicyclic) bond motifs is 1. The Morgan fingerprint density at radius 1 is 1.21 bits per heavy atom. The number of aromatic nitrogens is 4. The van der Waals surface area contributed by atoms with Crippen LogP contribution in [0.2, 0.25) is 0 Å². The van der Waals surface area contributed by atoms with E-state index in [0.29, 0.717) is 57.3 Å². The number of carbonyl (C=O) groups is 3. The fraction of sp³-hybridized carbons (Fsp3) is 0.484. The maximum atomic E-state index is 14.3. The van der Waals surface area contributed by atoms with Gasteiger partial charge in [0.1, 0.15) is 11.3 Å². The lowest BCUT2D eigenvalue weighted by molar-refractivity contribution is -0.137. The number of amides is 3. The lowest BCUT2D eigenvalue weighted by Gasteiger charge is -2.28. The van der Waals surface area contributed by atoms with Gasteiger partial charge >= 0.3 is 12.3 Å². The van der Waals surface area contributed by atoms with E-state index in [0.717, 1.165) is 50.5 Å². The third-order valence-electron chi connectivity index (χ3n) is 8.28. The van der Waals surface area contributed by atoms with Crippen molar-refractivity contribution in [2.75, 3.05) is 76.4 Å². The van der Waals surface area contributed by atoms with Crippen LogP contribution in [0.5, 0.6) is 0 Å². The van der Waals surface area contributed by atoms with Gasteiger partial charge in [-0.3, -0.25) is 19.8 Å². The Balaban J connectivity index is 1.40. The van der Waals surface area contributed by atoms with Gasteiger partial charge in [0.25, 0.3) is 0 Å². The monoisotopic (exact) mass is 673 g/mol. The largest absolute Gasteiger partial charge is 0.453 e. The number of alkyl halides is 3. The van der Waals surface area contributed by atoms with Crippen molar-refractivity contribution in [1.82, 2.24) is 34.7 Å². The predicted molar refractivity (Wildman–Crippen MR) is 169 cm³/mol. The van der Waals surface area contributed by atoms with Crippen molar-refractivity contribution in [3.8, 4) is 11.4 Å². The van der Waals surface area contributed by atoms with E-state index in [1.165, 1.54) is 0 Å². The number of morpholine rings is 1. The molecule has 0 unspecified atom stereocenters. The summed E-state index contributed by atoms with van der Waals surface area (Å²) >= 11 is 0. The first-order valence-electron chi connectivity index (χ1n) is 15.5. The normalized spacial score (nSPS) is 16.8. The van der Waals surface area contributed by atoms with Crippen molar-refractivity contribution in [2.45, 2.75) is 26.1 Å². The molecule has 48 heavy (non-hydrogen) atoms. The van der Waals surface area contributed by atoms with Crippen molar-refractivity contribution in [3.05, 3.63) is 48.3 Å². The van der Waals surface area contributed by atoms with E-state index >= 15 is 0 Å². The van der Waals surface area contributed by atoms with Gasteiger partial charge in [-0.25, -0.2) is 19.3 Å². The number of halogens is 3. The number of nitrogens with zero attached hydrogens (tertiary/aromatic N) is 7. The number of hydrogen-bond donors (Lipinski definition) is 2. The summed E-state index contributed by atoms with van der Waals surface area (Å²) in [7, 11) is 1.09. The Hall–Kier alpha value is -4.77. The standard InChI is InChI=1S/C31H38F3N9O5/c1-4-26(44)36-15-27(45)42-7-6-20(18-42)16-40(5-2)17-21-12-24-29(41-8-10-48-11-9-41)38-28(39-43(24)19-21)22-14-35-25(37-30(46)47-3)13-23(22)31(32,33)34/h4,12-14,19-20H,1,5-11,15-18H2,2-3H3,(H,36,44)(H,35,37,46)/t20-/m0/s1. The number of rotatable bonds is 11. The average Bonchev–Trinajstić information content (AvgIpc) is 3.73. The van der Waals surface area contributed by atoms with E-state index in [4.69, 9.17) is 4.74 Å². The first-order valence-corrected chi connectivity index (χ1v) is 15.5. The zero-order valence-electron chi connectivity index (χ0n) is 26.8. The quantitative estimate of drug-likeness (QED) is 0.292. The molecule has 14 nitrogen and oxygen atoms in total. The molecule has 3 aromatic rings. The summed E-state index contributed by atoms with van der Waals surface area (Å²) in [6.45, 7) is 10.4. The highest BCUT2D eigenvalue weighted by Crippen LogP contribution is 2.38. The molecule has 258 valence electrons. The predicted octanol–water partition coefficient (Wildman–Crippen LogP) is 2.80. The molecule has 3 amide bonds. The van der Waals surface area contributed by atoms with Gasteiger partial charge in [-0.2, -0.15) is 13.2 Å². The number of hydrogen-bond acceptors (Lipinski definition) is 10. The van der Waals surface area contributed by atoms with E-state index in [-0.39, 0.29) is 35.6 Å². The van der Waals surface area contributed by atoms with Crippen molar-refractivity contribution >= 4 is 35.1 Å². The fourth-order valence-electron chi connectivity index (χ4n) is 5.82. The van der Waals surface area contributed by atoms with Gasteiger partial charge < -0.3 is 24.6 Å². The van der Waals surface area contributed by atoms with Crippen LogP contribution in [0.3, 0.4) is 0 Å². The van der Waals surface area contributed by atoms with E-state index < -0.39 is 23.7 Å². The minimum Gasteiger partial charge on any atom is -0.453 e. The molecule has 5 rings (SSSR count). The Morgan fingerprint density at radius 3 is 2.67 bits per heavy atom. The van der Waals surface area contributed by atoms with Gasteiger partial charge in [0.15, 0.2) is 11.6 Å². The number of methoxy groups -OCH3 is 1. The van der Waals surface area contributed by atoms with E-state index in [9.17, 15) is 27.6 Å². The molecule has 0 aliphatic carbocycles. The molecule has 17 heteroatoms. The van der Waals surface area contributed by atoms with Crippen LogP contribution in [0.25, 0.3) is 16.9 Å². The molecule has 2 aliphatic rings. The van der Waals surface area contributed by atoms with Crippen molar-refractivity contribution in [3.63, 3.8) is 0 Å². The topological polar surface area (TPSA) is 147 Å². The van der Waals surface area contributed by atoms with Crippen LogP contribution in [-0.4, -0.2) is 113 Å². The summed E-state index contributed by atoms with van der Waals surface area (Å²) in [5.74, 6) is -0.337. The summed E-state index contributed by atoms with van der Waals surface area (Å²) in [6.07, 6.45) is -1.02. The molecule has 2 fully saturated rings. The van der Waals surface area contributed by atoms with Gasteiger partial charge in [0.2, 0.25) is 11.8 Å². The zero-order valence-corrected chi connectivity index (χ0v) is 26.8. The number of likely N-dealkylation sites (tertiary alicyclic amines) is 1. The highest BCUT2D eigenvalue weighted by Gasteiger charge is 2.36. The maximum Gasteiger partial charge on any atom is 0.417 e. The average molecular weight is 674 g/mol. The van der Waals surface area contributed by atoms with Crippen LogP contribution in [0.1, 0.15) is 24.5 Å². The van der Waals surface area contributed by atoms with Crippen LogP contribution >= 0.6 is 0 Å². The van der Waals surface area contributed by atoms with Crippen LogP contribution in [0, 0.1) is 5.92 Å². The van der Waals surface area contributed by atoms with Gasteiger partial charge in [-0.1, -0.05) is 13.5 Å². The minimum absolute atomic E-state index is 0.0735. The second-order valence-electron chi connectivity index (χ2n) is 11.5. The zero-order chi connectivity index (χ0) is 34.4. The summed E-state index contributed by atoms with van der Waals surface area (Å²) in [4.78, 5) is 50.2. The second-order valence-corrected chi connectivity index (χ2v) is 11.5. The van der Waals surface area contributed by atoms with Gasteiger partial charge in [-0.05, 0) is 42.7 Å². The Kier molecular flexibility index (Phi) is 10.8. The Morgan fingerprint density at radius 2 is 1.98 bits per heavy atom. The minimum atomic E-state index is -4.80. The van der Waals surface area contributed by atoms with E-state index in [1.807, 2.05) is 17.9 Å². The maximum absolute atomic E-state index is 14.3. The van der Waals surface area contributed by atoms with Gasteiger partial charge in [0, 0.05) is 51.7 Å². The second kappa shape index (κ2) is 15.0. The molecule has 3 aromatic heterocycles. The molecular formula is C31H38F3N9O5. The van der Waals surface area contributed by atoms with Crippen LogP contribution in [0.15, 0.2) is 37.2 Å². The van der Waals surface area contributed by atoms with Crippen LogP contribution in [-0.2, 0) is 31.8 Å². The molecular weight excluding hydrogens is 635 g/mol. The third kappa shape index (κ3) is 8.20. The molecule has 2 aliphatic heterocycles. The van der Waals surface area contributed by atoms with Crippen LogP contribution < -0.4 is 15.5 Å². The molecule has 0 spiro atoms. The lowest BCUT2D eigenvalue weighted by atomic mass is 10.1. The first kappa shape index (κ1) is 34.6. The number of anilines is 2. The highest BCUT2D eigenvalue weighted by atomic mass is 19.4. The molecule has 0 saturated carbocycles. The summed E-state index contributed by atoms with van der Waals surface area (Å²) in [6, 6.07) is 2.67. The number of ether oxygens (including phenoxy) is 2. The number of pyridine rings is 1. The molecule has 2 saturated heterocycles. The lowest BCUT2D eigenvalue weighted by Crippen LogP contribution is -2.39. The van der Waals surface area contributed by atoms with Crippen molar-refractivity contribution in [2.24, 2.45) is 5.92 Å². The van der Waals surface area contributed by atoms with Gasteiger partial charge in [0.05, 0.1) is 38.0 Å². The summed E-state index contributed by atoms with van der Waals surface area (Å²) in [5, 5.41) is 9.19. The molecule has 1 atom stereocenters. The fourth-order valence-corrected chi connectivity index (χ4v) is 5.82. The summed E-state index contributed by atoms with van der Waals surface area (Å²) < 4.78 is 54.4. The van der Waals surface area contributed by atoms with Gasteiger partial charge in [-0.15, -0.1) is 5.10 Å². The van der Waals surface area contributed by atoms with E-state index in [2.05, 4.69) is 41.9 Å². The summed E-state index contributed by atoms with van der Waals surface area (Å²) in [5.41, 5.74) is 0.121. The number of carbonyl (C=O) groups excluding carboxylic acids is 3. The van der Waals surface area contributed by atoms with Crippen molar-refractivity contribution < 1.29 is 37.0 Å².